The molecular formula is C25H21N3O4S. The molecule has 1 saturated heterocycles. The number of carbonyl (C=O) groups is 4. The Morgan fingerprint density at radius 2 is 1.76 bits per heavy atom. The van der Waals surface area contributed by atoms with Gasteiger partial charge in [0, 0.05) is 27.3 Å². The normalized spacial score (nSPS) is 19.3. The Bertz CT molecular complexity index is 1250. The van der Waals surface area contributed by atoms with Crippen LogP contribution in [0.2, 0.25) is 0 Å². The van der Waals surface area contributed by atoms with Gasteiger partial charge in [-0.05, 0) is 67.1 Å². The lowest BCUT2D eigenvalue weighted by Gasteiger charge is -2.31. The molecule has 1 atom stereocenters. The minimum absolute atomic E-state index is 0.250. The summed E-state index contributed by atoms with van der Waals surface area (Å²) >= 11 is 1.59. The zero-order chi connectivity index (χ0) is 23.0. The van der Waals surface area contributed by atoms with Crippen LogP contribution in [0.4, 0.5) is 10.5 Å². The number of urea groups is 1. The van der Waals surface area contributed by atoms with Gasteiger partial charge in [0.05, 0.1) is 6.54 Å². The molecule has 1 spiro atoms. The number of amides is 4. The SMILES string of the molecule is O=C(CN1C(=O)N[C@]2(CCCc3sccc32)C1=O)c1ccc(NC(=O)c2ccccc2)cc1. The van der Waals surface area contributed by atoms with E-state index in [-0.39, 0.29) is 24.1 Å². The summed E-state index contributed by atoms with van der Waals surface area (Å²) in [7, 11) is 0. The first-order valence-electron chi connectivity index (χ1n) is 10.7. The number of imide groups is 1. The van der Waals surface area contributed by atoms with Crippen molar-refractivity contribution < 1.29 is 19.2 Å². The molecule has 1 aliphatic carbocycles. The second-order valence-corrected chi connectivity index (χ2v) is 9.16. The number of nitrogens with zero attached hydrogens (tertiary/aromatic N) is 1. The molecule has 0 radical (unpaired) electrons. The number of hydrogen-bond acceptors (Lipinski definition) is 5. The topological polar surface area (TPSA) is 95.6 Å². The van der Waals surface area contributed by atoms with Crippen molar-refractivity contribution in [1.82, 2.24) is 10.2 Å². The number of benzene rings is 2. The lowest BCUT2D eigenvalue weighted by atomic mass is 9.80. The molecule has 5 rings (SSSR count). The summed E-state index contributed by atoms with van der Waals surface area (Å²) in [6, 6.07) is 16.6. The maximum atomic E-state index is 13.3. The smallest absolute Gasteiger partial charge is 0.322 e. The highest BCUT2D eigenvalue weighted by molar-refractivity contribution is 7.10. The van der Waals surface area contributed by atoms with Crippen LogP contribution in [-0.2, 0) is 16.8 Å². The number of Topliss-reactive ketones (excluding diaryl/α,β-unsaturated/α-hetero) is 1. The molecule has 8 heteroatoms. The van der Waals surface area contributed by atoms with E-state index in [2.05, 4.69) is 10.6 Å². The van der Waals surface area contributed by atoms with E-state index in [4.69, 9.17) is 0 Å². The van der Waals surface area contributed by atoms with Crippen LogP contribution in [0.5, 0.6) is 0 Å². The Hall–Kier alpha value is -3.78. The molecule has 0 unspecified atom stereocenters. The average molecular weight is 460 g/mol. The first kappa shape index (κ1) is 21.1. The average Bonchev–Trinajstić information content (AvgIpc) is 3.40. The number of rotatable bonds is 5. The van der Waals surface area contributed by atoms with Gasteiger partial charge in [-0.3, -0.25) is 19.3 Å². The van der Waals surface area contributed by atoms with Crippen molar-refractivity contribution in [3.8, 4) is 0 Å². The van der Waals surface area contributed by atoms with Gasteiger partial charge >= 0.3 is 6.03 Å². The molecule has 2 aliphatic rings. The van der Waals surface area contributed by atoms with E-state index in [0.29, 0.717) is 23.2 Å². The molecule has 1 aromatic heterocycles. The Labute approximate surface area is 194 Å². The number of thiophene rings is 1. The Morgan fingerprint density at radius 1 is 1.00 bits per heavy atom. The van der Waals surface area contributed by atoms with Gasteiger partial charge in [-0.2, -0.15) is 0 Å². The molecule has 0 saturated carbocycles. The third kappa shape index (κ3) is 3.72. The summed E-state index contributed by atoms with van der Waals surface area (Å²) < 4.78 is 0. The second-order valence-electron chi connectivity index (χ2n) is 8.16. The van der Waals surface area contributed by atoms with Gasteiger partial charge in [0.15, 0.2) is 5.78 Å². The molecule has 4 amide bonds. The number of ketones is 1. The number of hydrogen-bond donors (Lipinski definition) is 2. The summed E-state index contributed by atoms with van der Waals surface area (Å²) in [4.78, 5) is 53.2. The zero-order valence-electron chi connectivity index (χ0n) is 17.7. The molecule has 166 valence electrons. The van der Waals surface area contributed by atoms with Gasteiger partial charge in [-0.1, -0.05) is 18.2 Å². The minimum atomic E-state index is -1.06. The van der Waals surface area contributed by atoms with Crippen LogP contribution in [0.1, 0.15) is 44.0 Å². The lowest BCUT2D eigenvalue weighted by molar-refractivity contribution is -0.131. The fourth-order valence-corrected chi connectivity index (χ4v) is 5.45. The first-order valence-corrected chi connectivity index (χ1v) is 11.6. The molecular weight excluding hydrogens is 438 g/mol. The van der Waals surface area contributed by atoms with E-state index in [1.54, 1.807) is 59.9 Å². The van der Waals surface area contributed by atoms with Gasteiger partial charge in [0.2, 0.25) is 0 Å². The zero-order valence-corrected chi connectivity index (χ0v) is 18.5. The highest BCUT2D eigenvalue weighted by Crippen LogP contribution is 2.42. The van der Waals surface area contributed by atoms with Gasteiger partial charge < -0.3 is 10.6 Å². The molecule has 0 bridgehead atoms. The predicted octanol–water partition coefficient (Wildman–Crippen LogP) is 3.97. The third-order valence-electron chi connectivity index (χ3n) is 6.14. The van der Waals surface area contributed by atoms with E-state index in [1.165, 1.54) is 0 Å². The number of aryl methyl sites for hydroxylation is 1. The van der Waals surface area contributed by atoms with Gasteiger partial charge in [-0.25, -0.2) is 4.79 Å². The third-order valence-corrected chi connectivity index (χ3v) is 7.12. The van der Waals surface area contributed by atoms with Crippen molar-refractivity contribution in [2.75, 3.05) is 11.9 Å². The summed E-state index contributed by atoms with van der Waals surface area (Å²) in [5.41, 5.74) is 1.22. The van der Waals surface area contributed by atoms with Crippen molar-refractivity contribution >= 4 is 40.7 Å². The lowest BCUT2D eigenvalue weighted by Crippen LogP contribution is -2.46. The van der Waals surface area contributed by atoms with Crippen LogP contribution in [0.15, 0.2) is 66.0 Å². The van der Waals surface area contributed by atoms with Crippen LogP contribution in [0, 0.1) is 0 Å². The predicted molar refractivity (Wildman–Crippen MR) is 124 cm³/mol. The highest BCUT2D eigenvalue weighted by atomic mass is 32.1. The molecule has 2 N–H and O–H groups in total. The largest absolute Gasteiger partial charge is 0.325 e. The Kier molecular flexibility index (Phi) is 5.30. The standard InChI is InChI=1S/C25H21N3O4S/c29-20(16-8-10-18(11-9-16)26-22(30)17-5-2-1-3-6-17)15-28-23(31)25(27-24(28)32)13-4-7-21-19(25)12-14-33-21/h1-3,5-6,8-12,14H,4,7,13,15H2,(H,26,30)(H,27,32)/t25-/m0/s1. The maximum absolute atomic E-state index is 13.3. The van der Waals surface area contributed by atoms with E-state index in [1.807, 2.05) is 17.5 Å². The van der Waals surface area contributed by atoms with Crippen LogP contribution >= 0.6 is 11.3 Å². The van der Waals surface area contributed by atoms with Crippen LogP contribution in [0.3, 0.4) is 0 Å². The van der Waals surface area contributed by atoms with E-state index < -0.39 is 11.6 Å². The van der Waals surface area contributed by atoms with Gasteiger partial charge in [0.25, 0.3) is 11.8 Å². The summed E-state index contributed by atoms with van der Waals surface area (Å²) in [6.45, 7) is -0.332. The number of nitrogens with one attached hydrogen (secondary N) is 2. The first-order chi connectivity index (χ1) is 16.0. The Balaban J connectivity index is 1.28. The minimum Gasteiger partial charge on any atom is -0.322 e. The fourth-order valence-electron chi connectivity index (χ4n) is 4.45. The number of fused-ring (bicyclic) bond motifs is 2. The van der Waals surface area contributed by atoms with Gasteiger partial charge in [-0.15, -0.1) is 11.3 Å². The quantitative estimate of drug-likeness (QED) is 0.446. The van der Waals surface area contributed by atoms with Crippen LogP contribution in [0.25, 0.3) is 0 Å². The summed E-state index contributed by atoms with van der Waals surface area (Å²) in [5.74, 6) is -0.968. The van der Waals surface area contributed by atoms with E-state index in [0.717, 1.165) is 28.2 Å². The molecule has 33 heavy (non-hydrogen) atoms. The number of anilines is 1. The molecule has 2 heterocycles. The van der Waals surface area contributed by atoms with E-state index >= 15 is 0 Å². The highest BCUT2D eigenvalue weighted by Gasteiger charge is 2.54. The van der Waals surface area contributed by atoms with Gasteiger partial charge in [0.1, 0.15) is 5.54 Å². The summed E-state index contributed by atoms with van der Waals surface area (Å²) in [6.07, 6.45) is 2.23. The Morgan fingerprint density at radius 3 is 2.52 bits per heavy atom. The van der Waals surface area contributed by atoms with Crippen molar-refractivity contribution in [3.05, 3.63) is 87.6 Å². The second kappa shape index (κ2) is 8.29. The molecule has 3 aromatic rings. The van der Waals surface area contributed by atoms with Crippen molar-refractivity contribution in [2.45, 2.75) is 24.8 Å². The molecule has 1 fully saturated rings. The fraction of sp³-hybridized carbons (Fsp3) is 0.200. The van der Waals surface area contributed by atoms with Crippen LogP contribution in [-0.4, -0.2) is 35.1 Å². The summed E-state index contributed by atoms with van der Waals surface area (Å²) in [5, 5.41) is 7.57. The monoisotopic (exact) mass is 459 g/mol. The van der Waals surface area contributed by atoms with Crippen molar-refractivity contribution in [2.24, 2.45) is 0 Å². The molecule has 2 aromatic carbocycles. The number of carbonyl (C=O) groups excluding carboxylic acids is 4. The van der Waals surface area contributed by atoms with Crippen molar-refractivity contribution in [3.63, 3.8) is 0 Å². The van der Waals surface area contributed by atoms with Crippen molar-refractivity contribution in [1.29, 1.82) is 0 Å². The maximum Gasteiger partial charge on any atom is 0.325 e. The van der Waals surface area contributed by atoms with Crippen LogP contribution < -0.4 is 10.6 Å². The molecule has 1 aliphatic heterocycles. The molecule has 7 nitrogen and oxygen atoms in total. The van der Waals surface area contributed by atoms with E-state index in [9.17, 15) is 19.2 Å².